The van der Waals surface area contributed by atoms with E-state index in [0.717, 1.165) is 12.1 Å². The van der Waals surface area contributed by atoms with Crippen LogP contribution >= 0.6 is 0 Å². The average Bonchev–Trinajstić information content (AvgIpc) is 2.62. The second kappa shape index (κ2) is 6.64. The van der Waals surface area contributed by atoms with Gasteiger partial charge in [-0.15, -0.1) is 0 Å². The van der Waals surface area contributed by atoms with Crippen molar-refractivity contribution in [2.24, 2.45) is 0 Å². The molecule has 0 aliphatic carbocycles. The molecule has 2 aromatic carbocycles. The first-order chi connectivity index (χ1) is 12.2. The topological polar surface area (TPSA) is 60.8 Å². The first-order valence-corrected chi connectivity index (χ1v) is 8.18. The number of rotatable bonds is 2. The second-order valence-electron chi connectivity index (χ2n) is 6.42. The highest BCUT2D eigenvalue weighted by Crippen LogP contribution is 2.37. The van der Waals surface area contributed by atoms with Gasteiger partial charge in [-0.3, -0.25) is 4.79 Å². The van der Waals surface area contributed by atoms with Crippen LogP contribution in [0.15, 0.2) is 48.5 Å². The lowest BCUT2D eigenvalue weighted by Gasteiger charge is -2.38. The highest BCUT2D eigenvalue weighted by atomic mass is 19.4. The number of carbonyl (C=O) groups excluding carboxylic acids is 1. The number of aromatic hydroxyl groups is 1. The third kappa shape index (κ3) is 3.53. The molecular formula is C19H18F3NO3. The highest BCUT2D eigenvalue weighted by molar-refractivity contribution is 5.96. The summed E-state index contributed by atoms with van der Waals surface area (Å²) in [6, 6.07) is 10.8. The molecule has 0 spiro atoms. The first kappa shape index (κ1) is 18.3. The largest absolute Gasteiger partial charge is 0.507 e. The molecule has 4 nitrogen and oxygen atoms in total. The van der Waals surface area contributed by atoms with Gasteiger partial charge in [0.1, 0.15) is 5.75 Å². The molecule has 7 heteroatoms. The number of alkyl halides is 3. The van der Waals surface area contributed by atoms with Crippen LogP contribution < -0.4 is 0 Å². The fourth-order valence-electron chi connectivity index (χ4n) is 3.18. The van der Waals surface area contributed by atoms with Crippen LogP contribution in [0.2, 0.25) is 0 Å². The molecule has 0 saturated carbocycles. The predicted octanol–water partition coefficient (Wildman–Crippen LogP) is 3.53. The summed E-state index contributed by atoms with van der Waals surface area (Å²) in [7, 11) is 0. The van der Waals surface area contributed by atoms with Gasteiger partial charge in [-0.05, 0) is 42.7 Å². The maximum absolute atomic E-state index is 12.9. The van der Waals surface area contributed by atoms with Gasteiger partial charge in [0.15, 0.2) is 0 Å². The molecule has 138 valence electrons. The number of aliphatic hydroxyl groups is 1. The lowest BCUT2D eigenvalue weighted by Crippen LogP contribution is -2.45. The lowest BCUT2D eigenvalue weighted by molar-refractivity contribution is -0.137. The maximum Gasteiger partial charge on any atom is 0.416 e. The molecule has 26 heavy (non-hydrogen) atoms. The van der Waals surface area contributed by atoms with Crippen molar-refractivity contribution < 1.29 is 28.2 Å². The first-order valence-electron chi connectivity index (χ1n) is 8.18. The summed E-state index contributed by atoms with van der Waals surface area (Å²) in [5.74, 6) is -0.495. The highest BCUT2D eigenvalue weighted by Gasteiger charge is 2.38. The zero-order valence-corrected chi connectivity index (χ0v) is 13.8. The van der Waals surface area contributed by atoms with Gasteiger partial charge in [0, 0.05) is 13.1 Å². The fourth-order valence-corrected chi connectivity index (χ4v) is 3.18. The normalized spacial score (nSPS) is 17.2. The molecule has 2 N–H and O–H groups in total. The summed E-state index contributed by atoms with van der Waals surface area (Å²) in [6.07, 6.45) is -4.24. The van der Waals surface area contributed by atoms with E-state index in [2.05, 4.69) is 0 Å². The van der Waals surface area contributed by atoms with Crippen molar-refractivity contribution in [3.05, 3.63) is 65.2 Å². The summed E-state index contributed by atoms with van der Waals surface area (Å²) < 4.78 is 38.7. The zero-order valence-electron chi connectivity index (χ0n) is 13.8. The summed E-state index contributed by atoms with van der Waals surface area (Å²) >= 11 is 0. The van der Waals surface area contributed by atoms with E-state index in [1.165, 1.54) is 29.2 Å². The van der Waals surface area contributed by atoms with Gasteiger partial charge in [-0.25, -0.2) is 0 Å². The molecule has 1 heterocycles. The number of amides is 1. The number of nitrogens with zero attached hydrogens (tertiary/aromatic N) is 1. The van der Waals surface area contributed by atoms with Gasteiger partial charge in [-0.2, -0.15) is 13.2 Å². The van der Waals surface area contributed by atoms with Crippen molar-refractivity contribution in [2.45, 2.75) is 24.6 Å². The van der Waals surface area contributed by atoms with E-state index >= 15 is 0 Å². The van der Waals surface area contributed by atoms with Gasteiger partial charge in [0.25, 0.3) is 5.91 Å². The Balaban J connectivity index is 1.75. The molecule has 2 aromatic rings. The number of carbonyl (C=O) groups is 1. The Hall–Kier alpha value is -2.54. The smallest absolute Gasteiger partial charge is 0.416 e. The van der Waals surface area contributed by atoms with Crippen molar-refractivity contribution in [1.82, 2.24) is 4.90 Å². The van der Waals surface area contributed by atoms with Gasteiger partial charge in [0.2, 0.25) is 0 Å². The monoisotopic (exact) mass is 365 g/mol. The van der Waals surface area contributed by atoms with Crippen molar-refractivity contribution in [1.29, 1.82) is 0 Å². The minimum absolute atomic E-state index is 0.119. The summed E-state index contributed by atoms with van der Waals surface area (Å²) in [5.41, 5.74) is -1.87. The molecule has 0 aromatic heterocycles. The van der Waals surface area contributed by atoms with Gasteiger partial charge in [0.05, 0.1) is 16.7 Å². The van der Waals surface area contributed by atoms with Gasteiger partial charge < -0.3 is 15.1 Å². The van der Waals surface area contributed by atoms with Crippen molar-refractivity contribution >= 4 is 5.91 Å². The molecule has 0 bridgehead atoms. The Kier molecular flexibility index (Phi) is 4.66. The summed E-state index contributed by atoms with van der Waals surface area (Å²) in [6.45, 7) is 0.361. The number of halogens is 3. The van der Waals surface area contributed by atoms with E-state index in [4.69, 9.17) is 0 Å². The lowest BCUT2D eigenvalue weighted by atomic mass is 9.83. The molecular weight excluding hydrogens is 347 g/mol. The van der Waals surface area contributed by atoms with Crippen LogP contribution in [0, 0.1) is 0 Å². The molecule has 1 fully saturated rings. The van der Waals surface area contributed by atoms with Gasteiger partial charge >= 0.3 is 6.18 Å². The third-order valence-corrected chi connectivity index (χ3v) is 4.74. The fraction of sp³-hybridized carbons (Fsp3) is 0.316. The Morgan fingerprint density at radius 1 is 1.04 bits per heavy atom. The molecule has 0 unspecified atom stereocenters. The molecule has 0 atom stereocenters. The van der Waals surface area contributed by atoms with Crippen LogP contribution in [0.4, 0.5) is 13.2 Å². The van der Waals surface area contributed by atoms with Crippen molar-refractivity contribution in [2.75, 3.05) is 13.1 Å². The van der Waals surface area contributed by atoms with E-state index in [9.17, 15) is 28.2 Å². The number of hydrogen-bond acceptors (Lipinski definition) is 3. The second-order valence-corrected chi connectivity index (χ2v) is 6.42. The van der Waals surface area contributed by atoms with Crippen LogP contribution in [0.5, 0.6) is 5.75 Å². The van der Waals surface area contributed by atoms with E-state index < -0.39 is 17.3 Å². The quantitative estimate of drug-likeness (QED) is 0.856. The Morgan fingerprint density at radius 3 is 2.31 bits per heavy atom. The van der Waals surface area contributed by atoms with Crippen LogP contribution in [0.25, 0.3) is 0 Å². The third-order valence-electron chi connectivity index (χ3n) is 4.74. The Morgan fingerprint density at radius 2 is 1.69 bits per heavy atom. The van der Waals surface area contributed by atoms with Crippen LogP contribution in [-0.4, -0.2) is 34.1 Å². The van der Waals surface area contributed by atoms with Crippen LogP contribution in [0.1, 0.15) is 34.3 Å². The van der Waals surface area contributed by atoms with Crippen LogP contribution in [-0.2, 0) is 11.8 Å². The van der Waals surface area contributed by atoms with E-state index in [0.29, 0.717) is 0 Å². The van der Waals surface area contributed by atoms with E-state index in [1.54, 1.807) is 12.1 Å². The number of hydrogen-bond donors (Lipinski definition) is 2. The van der Waals surface area contributed by atoms with Gasteiger partial charge in [-0.1, -0.05) is 24.3 Å². The number of phenolic OH excluding ortho intramolecular Hbond substituents is 1. The molecule has 0 radical (unpaired) electrons. The zero-order chi connectivity index (χ0) is 18.9. The number of likely N-dealkylation sites (tertiary alicyclic amines) is 1. The Labute approximate surface area is 148 Å². The van der Waals surface area contributed by atoms with Crippen molar-refractivity contribution in [3.8, 4) is 5.75 Å². The van der Waals surface area contributed by atoms with E-state index in [1.807, 2.05) is 0 Å². The molecule has 1 aliphatic heterocycles. The predicted molar refractivity (Wildman–Crippen MR) is 88.6 cm³/mol. The summed E-state index contributed by atoms with van der Waals surface area (Å²) in [4.78, 5) is 14.0. The molecule has 3 rings (SSSR count). The van der Waals surface area contributed by atoms with E-state index in [-0.39, 0.29) is 48.7 Å². The van der Waals surface area contributed by atoms with Crippen LogP contribution in [0.3, 0.4) is 0 Å². The number of benzene rings is 2. The standard InChI is InChI=1S/C19H18F3NO3/c20-19(21,22)14-5-3-4-13(12-14)18(26)8-10-23(11-9-18)17(25)15-6-1-2-7-16(15)24/h1-7,12,24,26H,8-11H2. The average molecular weight is 365 g/mol. The maximum atomic E-state index is 12.9. The number of phenols is 1. The molecule has 1 aliphatic rings. The number of para-hydroxylation sites is 1. The Bertz CT molecular complexity index is 812. The SMILES string of the molecule is O=C(c1ccccc1O)N1CCC(O)(c2cccc(C(F)(F)F)c2)CC1. The minimum Gasteiger partial charge on any atom is -0.507 e. The number of piperidine rings is 1. The van der Waals surface area contributed by atoms with Crippen molar-refractivity contribution in [3.63, 3.8) is 0 Å². The minimum atomic E-state index is -4.48. The molecule has 1 saturated heterocycles. The molecule has 1 amide bonds. The summed E-state index contributed by atoms with van der Waals surface area (Å²) in [5, 5.41) is 20.6.